The molecule has 1 aromatic carbocycles. The lowest BCUT2D eigenvalue weighted by atomic mass is 10.2. The number of nitrogens with zero attached hydrogens (tertiary/aromatic N) is 1. The Kier molecular flexibility index (Phi) is 7.88. The Labute approximate surface area is 162 Å². The Bertz CT molecular complexity index is 759. The van der Waals surface area contributed by atoms with Gasteiger partial charge in [-0.15, -0.1) is 0 Å². The summed E-state index contributed by atoms with van der Waals surface area (Å²) in [6.07, 6.45) is 2.05. The molecule has 144 valence electrons. The Morgan fingerprint density at radius 1 is 1.19 bits per heavy atom. The van der Waals surface area contributed by atoms with Gasteiger partial charge < -0.3 is 19.4 Å². The molecule has 1 heterocycles. The van der Waals surface area contributed by atoms with Crippen molar-refractivity contribution in [3.63, 3.8) is 0 Å². The van der Waals surface area contributed by atoms with Crippen LogP contribution in [0, 0.1) is 0 Å². The number of carbonyl (C=O) groups excluding carboxylic acids is 3. The maximum atomic E-state index is 11.9. The molecule has 0 saturated carbocycles. The van der Waals surface area contributed by atoms with Crippen LogP contribution in [0.2, 0.25) is 5.02 Å². The summed E-state index contributed by atoms with van der Waals surface area (Å²) in [6.45, 7) is 0.302. The first-order valence-corrected chi connectivity index (χ1v) is 8.79. The van der Waals surface area contributed by atoms with Crippen LogP contribution in [0.3, 0.4) is 0 Å². The lowest BCUT2D eigenvalue weighted by Gasteiger charge is -2.15. The average molecular weight is 393 g/mol. The van der Waals surface area contributed by atoms with Crippen LogP contribution in [0.5, 0.6) is 0 Å². The van der Waals surface area contributed by atoms with E-state index >= 15 is 0 Å². The number of hydrogen-bond acceptors (Lipinski definition) is 5. The second-order valence-corrected chi connectivity index (χ2v) is 6.29. The van der Waals surface area contributed by atoms with Crippen LogP contribution in [0.4, 0.5) is 0 Å². The van der Waals surface area contributed by atoms with Crippen molar-refractivity contribution in [2.24, 2.45) is 0 Å². The third-order valence-corrected chi connectivity index (χ3v) is 3.96. The van der Waals surface area contributed by atoms with Crippen LogP contribution in [-0.2, 0) is 20.9 Å². The van der Waals surface area contributed by atoms with E-state index in [1.54, 1.807) is 43.4 Å². The van der Waals surface area contributed by atoms with E-state index in [0.717, 1.165) is 0 Å². The van der Waals surface area contributed by atoms with Crippen molar-refractivity contribution in [2.45, 2.75) is 19.4 Å². The molecule has 2 rings (SSSR count). The molecule has 0 spiro atoms. The first-order valence-electron chi connectivity index (χ1n) is 8.41. The van der Waals surface area contributed by atoms with Crippen LogP contribution >= 0.6 is 11.6 Å². The maximum Gasteiger partial charge on any atom is 0.306 e. The van der Waals surface area contributed by atoms with E-state index in [0.29, 0.717) is 35.9 Å². The number of amides is 2. The first kappa shape index (κ1) is 20.5. The van der Waals surface area contributed by atoms with Gasteiger partial charge in [-0.05, 0) is 42.8 Å². The van der Waals surface area contributed by atoms with E-state index in [2.05, 4.69) is 5.32 Å². The van der Waals surface area contributed by atoms with E-state index in [9.17, 15) is 14.4 Å². The van der Waals surface area contributed by atoms with Gasteiger partial charge in [-0.3, -0.25) is 14.4 Å². The summed E-state index contributed by atoms with van der Waals surface area (Å²) < 4.78 is 10.1. The molecule has 27 heavy (non-hydrogen) atoms. The van der Waals surface area contributed by atoms with Gasteiger partial charge in [0.15, 0.2) is 6.61 Å². The number of likely N-dealkylation sites (N-methyl/N-ethyl adjacent to an activating group) is 1. The number of hydrogen-bond donors (Lipinski definition) is 1. The van der Waals surface area contributed by atoms with E-state index < -0.39 is 5.97 Å². The summed E-state index contributed by atoms with van der Waals surface area (Å²) >= 11 is 5.77. The average Bonchev–Trinajstić information content (AvgIpc) is 3.16. The van der Waals surface area contributed by atoms with Gasteiger partial charge in [-0.2, -0.15) is 0 Å². The van der Waals surface area contributed by atoms with Crippen LogP contribution in [0.25, 0.3) is 0 Å². The zero-order valence-corrected chi connectivity index (χ0v) is 15.7. The summed E-state index contributed by atoms with van der Waals surface area (Å²) in [7, 11) is 1.60. The smallest absolute Gasteiger partial charge is 0.306 e. The minimum Gasteiger partial charge on any atom is -0.467 e. The van der Waals surface area contributed by atoms with Gasteiger partial charge in [0, 0.05) is 30.6 Å². The van der Waals surface area contributed by atoms with Gasteiger partial charge in [0.25, 0.3) is 11.8 Å². The molecule has 0 unspecified atom stereocenters. The number of ether oxygens (including phenoxy) is 1. The molecule has 1 aromatic heterocycles. The van der Waals surface area contributed by atoms with Crippen molar-refractivity contribution < 1.29 is 23.5 Å². The molecular weight excluding hydrogens is 372 g/mol. The van der Waals surface area contributed by atoms with E-state index in [1.807, 2.05) is 0 Å². The molecule has 0 fully saturated rings. The van der Waals surface area contributed by atoms with Crippen LogP contribution in [-0.4, -0.2) is 42.9 Å². The fourth-order valence-corrected chi connectivity index (χ4v) is 2.31. The molecular formula is C19H21ClN2O5. The SMILES string of the molecule is CN(Cc1ccco1)C(=O)COC(=O)CCCNC(=O)c1ccc(Cl)cc1. The number of esters is 1. The Hall–Kier alpha value is -2.80. The molecule has 0 saturated heterocycles. The van der Waals surface area contributed by atoms with Crippen molar-refractivity contribution in [1.82, 2.24) is 10.2 Å². The molecule has 2 amide bonds. The van der Waals surface area contributed by atoms with E-state index in [-0.39, 0.29) is 24.8 Å². The number of nitrogens with one attached hydrogen (secondary N) is 1. The lowest BCUT2D eigenvalue weighted by Crippen LogP contribution is -2.31. The Morgan fingerprint density at radius 2 is 1.93 bits per heavy atom. The number of benzene rings is 1. The molecule has 0 bridgehead atoms. The largest absolute Gasteiger partial charge is 0.467 e. The van der Waals surface area contributed by atoms with Crippen molar-refractivity contribution in [1.29, 1.82) is 0 Å². The standard InChI is InChI=1S/C19H21ClN2O5/c1-22(12-16-4-3-11-26-16)17(23)13-27-18(24)5-2-10-21-19(25)14-6-8-15(20)9-7-14/h3-4,6-9,11H,2,5,10,12-13H2,1H3,(H,21,25). The van der Waals surface area contributed by atoms with E-state index in [1.165, 1.54) is 11.2 Å². The summed E-state index contributed by atoms with van der Waals surface area (Å²) in [5, 5.41) is 3.26. The summed E-state index contributed by atoms with van der Waals surface area (Å²) in [5.74, 6) is -0.408. The molecule has 0 atom stereocenters. The van der Waals surface area contributed by atoms with Crippen molar-refractivity contribution >= 4 is 29.4 Å². The van der Waals surface area contributed by atoms with Crippen molar-refractivity contribution in [2.75, 3.05) is 20.2 Å². The summed E-state index contributed by atoms with van der Waals surface area (Å²) in [5.41, 5.74) is 0.493. The fourth-order valence-electron chi connectivity index (χ4n) is 2.19. The normalized spacial score (nSPS) is 10.3. The highest BCUT2D eigenvalue weighted by Crippen LogP contribution is 2.09. The minimum atomic E-state index is -0.490. The number of carbonyl (C=O) groups is 3. The maximum absolute atomic E-state index is 11.9. The Balaban J connectivity index is 1.59. The van der Waals surface area contributed by atoms with Crippen LogP contribution < -0.4 is 5.32 Å². The third-order valence-electron chi connectivity index (χ3n) is 3.71. The molecule has 0 radical (unpaired) electrons. The number of furan rings is 1. The topological polar surface area (TPSA) is 88.8 Å². The first-order chi connectivity index (χ1) is 13.0. The number of halogens is 1. The van der Waals surface area contributed by atoms with E-state index in [4.69, 9.17) is 20.8 Å². The second kappa shape index (κ2) is 10.4. The predicted octanol–water partition coefficient (Wildman–Crippen LogP) is 2.64. The quantitative estimate of drug-likeness (QED) is 0.523. The van der Waals surface area contributed by atoms with Gasteiger partial charge in [-0.1, -0.05) is 11.6 Å². The number of rotatable bonds is 9. The summed E-state index contributed by atoms with van der Waals surface area (Å²) in [6, 6.07) is 10.0. The zero-order valence-electron chi connectivity index (χ0n) is 14.9. The Morgan fingerprint density at radius 3 is 2.59 bits per heavy atom. The molecule has 0 aliphatic heterocycles. The van der Waals surface area contributed by atoms with Gasteiger partial charge in [0.2, 0.25) is 0 Å². The molecule has 8 heteroatoms. The highest BCUT2D eigenvalue weighted by atomic mass is 35.5. The van der Waals surface area contributed by atoms with Gasteiger partial charge in [0.1, 0.15) is 5.76 Å². The van der Waals surface area contributed by atoms with Crippen LogP contribution in [0.1, 0.15) is 29.0 Å². The molecule has 1 N–H and O–H groups in total. The van der Waals surface area contributed by atoms with Crippen molar-refractivity contribution in [3.05, 3.63) is 59.0 Å². The highest BCUT2D eigenvalue weighted by Gasteiger charge is 2.13. The van der Waals surface area contributed by atoms with Gasteiger partial charge in [-0.25, -0.2) is 0 Å². The second-order valence-electron chi connectivity index (χ2n) is 5.86. The monoisotopic (exact) mass is 392 g/mol. The minimum absolute atomic E-state index is 0.107. The zero-order chi connectivity index (χ0) is 19.6. The predicted molar refractivity (Wildman–Crippen MR) is 99.2 cm³/mol. The van der Waals surface area contributed by atoms with Gasteiger partial charge in [0.05, 0.1) is 12.8 Å². The molecule has 7 nitrogen and oxygen atoms in total. The molecule has 2 aromatic rings. The molecule has 0 aliphatic rings. The van der Waals surface area contributed by atoms with Crippen molar-refractivity contribution in [3.8, 4) is 0 Å². The van der Waals surface area contributed by atoms with Crippen LogP contribution in [0.15, 0.2) is 47.1 Å². The summed E-state index contributed by atoms with van der Waals surface area (Å²) in [4.78, 5) is 36.9. The fraction of sp³-hybridized carbons (Fsp3) is 0.316. The molecule has 0 aliphatic carbocycles. The lowest BCUT2D eigenvalue weighted by molar-refractivity contribution is -0.151. The van der Waals surface area contributed by atoms with Gasteiger partial charge >= 0.3 is 5.97 Å². The third kappa shape index (κ3) is 7.15. The highest BCUT2D eigenvalue weighted by molar-refractivity contribution is 6.30.